The number of nitriles is 1. The van der Waals surface area contributed by atoms with Crippen molar-refractivity contribution in [2.24, 2.45) is 0 Å². The fraction of sp³-hybridized carbons (Fsp3) is 0.235. The molecule has 2 aromatic carbocycles. The van der Waals surface area contributed by atoms with Gasteiger partial charge >= 0.3 is 0 Å². The number of hydrogen-bond donors (Lipinski definition) is 1. The second kappa shape index (κ2) is 6.38. The first kappa shape index (κ1) is 15.0. The molecule has 0 saturated carbocycles. The summed E-state index contributed by atoms with van der Waals surface area (Å²) in [5, 5.41) is 18.6. The molecular formula is C17H16FNO2. The highest BCUT2D eigenvalue weighted by molar-refractivity contribution is 5.39. The zero-order valence-electron chi connectivity index (χ0n) is 11.9. The lowest BCUT2D eigenvalue weighted by atomic mass is 10.1. The molecule has 1 N–H and O–H groups in total. The monoisotopic (exact) mass is 285 g/mol. The van der Waals surface area contributed by atoms with Gasteiger partial charge in [-0.25, -0.2) is 4.39 Å². The minimum atomic E-state index is -0.671. The van der Waals surface area contributed by atoms with Crippen LogP contribution in [0.5, 0.6) is 5.75 Å². The number of aryl methyl sites for hydroxylation is 1. The number of halogens is 1. The van der Waals surface area contributed by atoms with Gasteiger partial charge in [-0.15, -0.1) is 0 Å². The molecule has 0 saturated heterocycles. The van der Waals surface area contributed by atoms with Crippen molar-refractivity contribution in [3.63, 3.8) is 0 Å². The van der Waals surface area contributed by atoms with Gasteiger partial charge in [0.25, 0.3) is 0 Å². The van der Waals surface area contributed by atoms with E-state index in [1.807, 2.05) is 19.1 Å². The number of hydrogen-bond acceptors (Lipinski definition) is 3. The quantitative estimate of drug-likeness (QED) is 0.933. The van der Waals surface area contributed by atoms with E-state index in [1.54, 1.807) is 31.2 Å². The topological polar surface area (TPSA) is 53.2 Å². The van der Waals surface area contributed by atoms with Crippen LogP contribution in [0.2, 0.25) is 0 Å². The number of ether oxygens (including phenoxy) is 1. The third-order valence-corrected chi connectivity index (χ3v) is 3.20. The van der Waals surface area contributed by atoms with Gasteiger partial charge in [-0.05, 0) is 32.0 Å². The van der Waals surface area contributed by atoms with Crippen molar-refractivity contribution in [2.75, 3.05) is 0 Å². The predicted octanol–water partition coefficient (Wildman–Crippen LogP) is 3.64. The summed E-state index contributed by atoms with van der Waals surface area (Å²) in [6.07, 6.45) is -0.671. The Morgan fingerprint density at radius 2 is 2.10 bits per heavy atom. The minimum absolute atomic E-state index is 0.00393. The van der Waals surface area contributed by atoms with Crippen molar-refractivity contribution in [2.45, 2.75) is 26.6 Å². The Bertz CT molecular complexity index is 690. The molecule has 0 aliphatic heterocycles. The number of benzene rings is 2. The lowest BCUT2D eigenvalue weighted by Gasteiger charge is -2.14. The maximum Gasteiger partial charge on any atom is 0.147 e. The molecule has 4 heteroatoms. The maximum absolute atomic E-state index is 13.9. The lowest BCUT2D eigenvalue weighted by Crippen LogP contribution is -2.03. The van der Waals surface area contributed by atoms with Gasteiger partial charge in [-0.2, -0.15) is 5.26 Å². The normalized spacial score (nSPS) is 11.8. The molecule has 0 aliphatic rings. The number of nitrogens with zero attached hydrogens (tertiary/aromatic N) is 1. The Morgan fingerprint density at radius 1 is 1.33 bits per heavy atom. The average molecular weight is 285 g/mol. The van der Waals surface area contributed by atoms with Crippen molar-refractivity contribution in [3.8, 4) is 11.8 Å². The Hall–Kier alpha value is -2.38. The molecule has 21 heavy (non-hydrogen) atoms. The highest BCUT2D eigenvalue weighted by atomic mass is 19.1. The Labute approximate surface area is 123 Å². The van der Waals surface area contributed by atoms with E-state index in [0.29, 0.717) is 16.9 Å². The Kier molecular flexibility index (Phi) is 4.56. The van der Waals surface area contributed by atoms with Crippen molar-refractivity contribution in [3.05, 3.63) is 64.5 Å². The van der Waals surface area contributed by atoms with Crippen LogP contribution in [0.1, 0.15) is 35.3 Å². The van der Waals surface area contributed by atoms with Crippen molar-refractivity contribution in [1.29, 1.82) is 5.26 Å². The minimum Gasteiger partial charge on any atom is -0.488 e. The second-order valence-corrected chi connectivity index (χ2v) is 4.90. The van der Waals surface area contributed by atoms with Crippen LogP contribution in [0.4, 0.5) is 4.39 Å². The Morgan fingerprint density at radius 3 is 2.76 bits per heavy atom. The van der Waals surface area contributed by atoms with Crippen LogP contribution < -0.4 is 4.74 Å². The van der Waals surface area contributed by atoms with Gasteiger partial charge in [0.2, 0.25) is 0 Å². The van der Waals surface area contributed by atoms with E-state index in [1.165, 1.54) is 6.07 Å². The van der Waals surface area contributed by atoms with Crippen LogP contribution in [0.15, 0.2) is 36.4 Å². The van der Waals surface area contributed by atoms with E-state index in [0.717, 1.165) is 5.56 Å². The van der Waals surface area contributed by atoms with Gasteiger partial charge in [0.05, 0.1) is 11.7 Å². The van der Waals surface area contributed by atoms with Crippen LogP contribution in [0, 0.1) is 24.1 Å². The molecule has 0 aliphatic carbocycles. The summed E-state index contributed by atoms with van der Waals surface area (Å²) in [5.41, 5.74) is 1.98. The number of aliphatic hydroxyl groups excluding tert-OH is 1. The predicted molar refractivity (Wildman–Crippen MR) is 77.3 cm³/mol. The molecule has 0 spiro atoms. The van der Waals surface area contributed by atoms with Crippen LogP contribution in [-0.2, 0) is 6.61 Å². The van der Waals surface area contributed by atoms with E-state index >= 15 is 0 Å². The fourth-order valence-electron chi connectivity index (χ4n) is 2.06. The molecule has 0 aromatic heterocycles. The molecule has 0 bridgehead atoms. The molecule has 0 unspecified atom stereocenters. The van der Waals surface area contributed by atoms with E-state index in [4.69, 9.17) is 10.00 Å². The standard InChI is InChI=1S/C17H16FNO2/c1-11-6-7-16(15(8-11)12(2)20)21-10-14-5-3-4-13(9-19)17(14)18/h3-8,12,20H,10H2,1-2H3/t12-/m1/s1. The molecule has 2 aromatic rings. The Balaban J connectivity index is 2.23. The molecule has 0 fully saturated rings. The summed E-state index contributed by atoms with van der Waals surface area (Å²) in [6, 6.07) is 11.9. The molecule has 1 atom stereocenters. The number of aliphatic hydroxyl groups is 1. The van der Waals surface area contributed by atoms with Crippen molar-refractivity contribution >= 4 is 0 Å². The molecule has 0 heterocycles. The third kappa shape index (κ3) is 3.39. The van der Waals surface area contributed by atoms with Crippen LogP contribution in [-0.4, -0.2) is 5.11 Å². The van der Waals surface area contributed by atoms with Gasteiger partial charge in [0, 0.05) is 11.1 Å². The number of rotatable bonds is 4. The van der Waals surface area contributed by atoms with E-state index in [9.17, 15) is 9.50 Å². The van der Waals surface area contributed by atoms with Gasteiger partial charge in [-0.3, -0.25) is 0 Å². The highest BCUT2D eigenvalue weighted by Gasteiger charge is 2.12. The highest BCUT2D eigenvalue weighted by Crippen LogP contribution is 2.27. The van der Waals surface area contributed by atoms with Crippen molar-refractivity contribution in [1.82, 2.24) is 0 Å². The maximum atomic E-state index is 13.9. The molecule has 0 radical (unpaired) electrons. The summed E-state index contributed by atoms with van der Waals surface area (Å²) >= 11 is 0. The third-order valence-electron chi connectivity index (χ3n) is 3.20. The zero-order valence-corrected chi connectivity index (χ0v) is 11.9. The molecule has 0 amide bonds. The largest absolute Gasteiger partial charge is 0.488 e. The zero-order chi connectivity index (χ0) is 15.4. The van der Waals surface area contributed by atoms with Gasteiger partial charge in [-0.1, -0.05) is 23.8 Å². The van der Waals surface area contributed by atoms with Crippen LogP contribution >= 0.6 is 0 Å². The SMILES string of the molecule is Cc1ccc(OCc2cccc(C#N)c2F)c([C@@H](C)O)c1. The molecule has 108 valence electrons. The van der Waals surface area contributed by atoms with E-state index in [2.05, 4.69) is 0 Å². The first-order valence-electron chi connectivity index (χ1n) is 6.62. The summed E-state index contributed by atoms with van der Waals surface area (Å²) in [5.74, 6) is -0.0527. The van der Waals surface area contributed by atoms with Gasteiger partial charge < -0.3 is 9.84 Å². The lowest BCUT2D eigenvalue weighted by molar-refractivity contribution is 0.189. The first-order valence-corrected chi connectivity index (χ1v) is 6.62. The van der Waals surface area contributed by atoms with E-state index < -0.39 is 11.9 Å². The molecular weight excluding hydrogens is 269 g/mol. The van der Waals surface area contributed by atoms with E-state index in [-0.39, 0.29) is 12.2 Å². The van der Waals surface area contributed by atoms with Crippen molar-refractivity contribution < 1.29 is 14.2 Å². The van der Waals surface area contributed by atoms with Gasteiger partial charge in [0.15, 0.2) is 0 Å². The summed E-state index contributed by atoms with van der Waals surface area (Å²) < 4.78 is 19.6. The molecule has 2 rings (SSSR count). The average Bonchev–Trinajstić information content (AvgIpc) is 2.47. The van der Waals surface area contributed by atoms with Crippen LogP contribution in [0.3, 0.4) is 0 Å². The second-order valence-electron chi connectivity index (χ2n) is 4.90. The summed E-state index contributed by atoms with van der Waals surface area (Å²) in [7, 11) is 0. The first-order chi connectivity index (χ1) is 10.0. The van der Waals surface area contributed by atoms with Gasteiger partial charge in [0.1, 0.15) is 24.2 Å². The smallest absolute Gasteiger partial charge is 0.147 e. The molecule has 3 nitrogen and oxygen atoms in total. The summed E-state index contributed by atoms with van der Waals surface area (Å²) in [6.45, 7) is 3.58. The summed E-state index contributed by atoms with van der Waals surface area (Å²) in [4.78, 5) is 0. The fourth-order valence-corrected chi connectivity index (χ4v) is 2.06. The van der Waals surface area contributed by atoms with Crippen LogP contribution in [0.25, 0.3) is 0 Å².